The fourth-order valence-electron chi connectivity index (χ4n) is 1.94. The average molecular weight is 291 g/mol. The van der Waals surface area contributed by atoms with E-state index in [2.05, 4.69) is 5.32 Å². The van der Waals surface area contributed by atoms with Gasteiger partial charge in [-0.3, -0.25) is 0 Å². The summed E-state index contributed by atoms with van der Waals surface area (Å²) >= 11 is 1.58. The van der Waals surface area contributed by atoms with Gasteiger partial charge in [-0.1, -0.05) is 24.3 Å². The highest BCUT2D eigenvalue weighted by Crippen LogP contribution is 2.36. The second-order valence-electron chi connectivity index (χ2n) is 4.42. The van der Waals surface area contributed by atoms with Crippen LogP contribution in [0.15, 0.2) is 47.4 Å². The minimum atomic E-state index is -0.347. The molecule has 0 heterocycles. The Bertz CT molecular complexity index is 588. The molecule has 106 valence electrons. The van der Waals surface area contributed by atoms with Crippen LogP contribution in [0.4, 0.5) is 4.39 Å². The van der Waals surface area contributed by atoms with Gasteiger partial charge in [-0.2, -0.15) is 0 Å². The number of halogens is 1. The van der Waals surface area contributed by atoms with Crippen LogP contribution in [0.3, 0.4) is 0 Å². The lowest BCUT2D eigenvalue weighted by molar-refractivity contribution is 0.420. The number of hydrogen-bond donors (Lipinski definition) is 1. The van der Waals surface area contributed by atoms with Crippen LogP contribution in [-0.4, -0.2) is 13.3 Å². The fraction of sp³-hybridized carbons (Fsp3) is 0.250. The third kappa shape index (κ3) is 3.14. The predicted octanol–water partition coefficient (Wildman–Crippen LogP) is 4.62. The summed E-state index contributed by atoms with van der Waals surface area (Å²) in [7, 11) is 1.84. The lowest BCUT2D eigenvalue weighted by atomic mass is 10.1. The summed E-state index contributed by atoms with van der Waals surface area (Å²) in [5.74, 6) is 0.617. The molecule has 2 aromatic rings. The molecule has 0 saturated carbocycles. The van der Waals surface area contributed by atoms with Crippen molar-refractivity contribution in [1.82, 2.24) is 5.32 Å². The van der Waals surface area contributed by atoms with Gasteiger partial charge in [0, 0.05) is 16.5 Å². The van der Waals surface area contributed by atoms with E-state index in [0.29, 0.717) is 5.75 Å². The first kappa shape index (κ1) is 14.9. The maximum atomic E-state index is 14.1. The van der Waals surface area contributed by atoms with Crippen molar-refractivity contribution < 1.29 is 9.13 Å². The molecule has 0 spiro atoms. The van der Waals surface area contributed by atoms with E-state index >= 15 is 0 Å². The molecule has 0 aromatic heterocycles. The molecule has 0 fully saturated rings. The summed E-state index contributed by atoms with van der Waals surface area (Å²) in [6.07, 6.45) is 1.97. The average Bonchev–Trinajstić information content (AvgIpc) is 2.49. The van der Waals surface area contributed by atoms with E-state index in [9.17, 15) is 4.39 Å². The third-order valence-corrected chi connectivity index (χ3v) is 3.96. The molecule has 2 rings (SSSR count). The van der Waals surface area contributed by atoms with Crippen LogP contribution in [0.1, 0.15) is 18.5 Å². The van der Waals surface area contributed by atoms with Crippen molar-refractivity contribution >= 4 is 11.8 Å². The van der Waals surface area contributed by atoms with E-state index in [0.717, 1.165) is 10.5 Å². The van der Waals surface area contributed by atoms with Crippen molar-refractivity contribution in [3.8, 4) is 11.5 Å². The van der Waals surface area contributed by atoms with Crippen LogP contribution in [0.5, 0.6) is 11.5 Å². The van der Waals surface area contributed by atoms with Crippen molar-refractivity contribution in [1.29, 1.82) is 0 Å². The van der Waals surface area contributed by atoms with Gasteiger partial charge in [0.1, 0.15) is 5.75 Å². The zero-order chi connectivity index (χ0) is 14.5. The molecular weight excluding hydrogens is 273 g/mol. The standard InChI is InChI=1S/C16H18FNOS/c1-11(18-2)12-7-6-8-13(17)16(12)19-14-9-4-5-10-15(14)20-3/h4-11,18H,1-3H3. The molecule has 0 aliphatic carbocycles. The predicted molar refractivity (Wildman–Crippen MR) is 82.2 cm³/mol. The monoisotopic (exact) mass is 291 g/mol. The van der Waals surface area contributed by atoms with Crippen molar-refractivity contribution in [2.75, 3.05) is 13.3 Å². The van der Waals surface area contributed by atoms with Gasteiger partial charge in [0.25, 0.3) is 0 Å². The molecular formula is C16H18FNOS. The second-order valence-corrected chi connectivity index (χ2v) is 5.27. The quantitative estimate of drug-likeness (QED) is 0.812. The number of nitrogens with one attached hydrogen (secondary N) is 1. The summed E-state index contributed by atoms with van der Waals surface area (Å²) in [4.78, 5) is 0.985. The highest BCUT2D eigenvalue weighted by atomic mass is 32.2. The van der Waals surface area contributed by atoms with Gasteiger partial charge < -0.3 is 10.1 Å². The van der Waals surface area contributed by atoms with E-state index < -0.39 is 0 Å². The van der Waals surface area contributed by atoms with Gasteiger partial charge >= 0.3 is 0 Å². The van der Waals surface area contributed by atoms with Crippen LogP contribution in [0.25, 0.3) is 0 Å². The van der Waals surface area contributed by atoms with Crippen molar-refractivity contribution in [2.24, 2.45) is 0 Å². The van der Waals surface area contributed by atoms with Crippen molar-refractivity contribution in [3.63, 3.8) is 0 Å². The molecule has 0 aliphatic rings. The summed E-state index contributed by atoms with van der Waals surface area (Å²) in [6, 6.07) is 12.7. The zero-order valence-corrected chi connectivity index (χ0v) is 12.6. The van der Waals surface area contributed by atoms with E-state index in [1.54, 1.807) is 17.8 Å². The van der Waals surface area contributed by atoms with Gasteiger partial charge in [-0.15, -0.1) is 11.8 Å². The minimum Gasteiger partial charge on any atom is -0.453 e. The van der Waals surface area contributed by atoms with E-state index in [1.165, 1.54) is 6.07 Å². The second kappa shape index (κ2) is 6.77. The summed E-state index contributed by atoms with van der Waals surface area (Å²) in [5, 5.41) is 3.11. The minimum absolute atomic E-state index is 0.0159. The van der Waals surface area contributed by atoms with E-state index in [-0.39, 0.29) is 17.6 Å². The van der Waals surface area contributed by atoms with E-state index in [1.807, 2.05) is 50.6 Å². The number of benzene rings is 2. The van der Waals surface area contributed by atoms with E-state index in [4.69, 9.17) is 4.74 Å². The topological polar surface area (TPSA) is 21.3 Å². The van der Waals surface area contributed by atoms with Crippen molar-refractivity contribution in [3.05, 3.63) is 53.8 Å². The lowest BCUT2D eigenvalue weighted by Gasteiger charge is -2.18. The van der Waals surface area contributed by atoms with Gasteiger partial charge in [0.2, 0.25) is 0 Å². The highest BCUT2D eigenvalue weighted by Gasteiger charge is 2.16. The lowest BCUT2D eigenvalue weighted by Crippen LogP contribution is -2.13. The third-order valence-electron chi connectivity index (χ3n) is 3.18. The van der Waals surface area contributed by atoms with Crippen LogP contribution in [-0.2, 0) is 0 Å². The molecule has 0 radical (unpaired) electrons. The Labute approximate surface area is 123 Å². The SMILES string of the molecule is CNC(C)c1cccc(F)c1Oc1ccccc1SC. The van der Waals surface area contributed by atoms with Crippen LogP contribution in [0, 0.1) is 5.82 Å². The number of ether oxygens (including phenoxy) is 1. The first-order valence-electron chi connectivity index (χ1n) is 6.44. The smallest absolute Gasteiger partial charge is 0.167 e. The summed E-state index contributed by atoms with van der Waals surface area (Å²) < 4.78 is 20.0. The van der Waals surface area contributed by atoms with Crippen molar-refractivity contribution in [2.45, 2.75) is 17.9 Å². The van der Waals surface area contributed by atoms with Crippen LogP contribution >= 0.6 is 11.8 Å². The number of thioether (sulfide) groups is 1. The Morgan fingerprint density at radius 3 is 2.60 bits per heavy atom. The first-order chi connectivity index (χ1) is 9.67. The fourth-order valence-corrected chi connectivity index (χ4v) is 2.47. The molecule has 0 bridgehead atoms. The number of para-hydroxylation sites is 2. The van der Waals surface area contributed by atoms with Crippen LogP contribution in [0.2, 0.25) is 0 Å². The Morgan fingerprint density at radius 2 is 1.90 bits per heavy atom. The molecule has 2 nitrogen and oxygen atoms in total. The highest BCUT2D eigenvalue weighted by molar-refractivity contribution is 7.98. The molecule has 1 atom stereocenters. The Kier molecular flexibility index (Phi) is 5.04. The molecule has 2 aromatic carbocycles. The molecule has 0 aliphatic heterocycles. The Morgan fingerprint density at radius 1 is 1.15 bits per heavy atom. The zero-order valence-electron chi connectivity index (χ0n) is 11.8. The van der Waals surface area contributed by atoms with Crippen LogP contribution < -0.4 is 10.1 Å². The summed E-state index contributed by atoms with van der Waals surface area (Å²) in [5.41, 5.74) is 0.809. The molecule has 4 heteroatoms. The normalized spacial score (nSPS) is 12.2. The first-order valence-corrected chi connectivity index (χ1v) is 7.66. The maximum absolute atomic E-state index is 14.1. The molecule has 0 saturated heterocycles. The Balaban J connectivity index is 2.42. The summed E-state index contributed by atoms with van der Waals surface area (Å²) in [6.45, 7) is 1.97. The van der Waals surface area contributed by atoms with Gasteiger partial charge in [0.15, 0.2) is 11.6 Å². The molecule has 1 unspecified atom stereocenters. The van der Waals surface area contributed by atoms with Gasteiger partial charge in [-0.25, -0.2) is 4.39 Å². The number of rotatable bonds is 5. The Hall–Kier alpha value is -1.52. The molecule has 1 N–H and O–H groups in total. The molecule has 20 heavy (non-hydrogen) atoms. The molecule has 0 amide bonds. The van der Waals surface area contributed by atoms with Gasteiger partial charge in [-0.05, 0) is 38.4 Å². The largest absolute Gasteiger partial charge is 0.453 e. The van der Waals surface area contributed by atoms with Gasteiger partial charge in [0.05, 0.1) is 0 Å². The maximum Gasteiger partial charge on any atom is 0.167 e. The number of hydrogen-bond acceptors (Lipinski definition) is 3.